The van der Waals surface area contributed by atoms with Crippen LogP contribution in [0, 0.1) is 3.57 Å². The topological polar surface area (TPSA) is 40.5 Å². The van der Waals surface area contributed by atoms with Gasteiger partial charge in [-0.25, -0.2) is 0 Å². The summed E-state index contributed by atoms with van der Waals surface area (Å²) in [4.78, 5) is 14.0. The molecule has 1 saturated heterocycles. The van der Waals surface area contributed by atoms with Gasteiger partial charge in [-0.05, 0) is 47.6 Å². The molecule has 0 bridgehead atoms. The SMILES string of the molecule is O=C(c1ccccc1I)N1CCCC1CO. The summed E-state index contributed by atoms with van der Waals surface area (Å²) in [5.74, 6) is 0.0431. The summed E-state index contributed by atoms with van der Waals surface area (Å²) in [7, 11) is 0. The Hall–Kier alpha value is -0.620. The van der Waals surface area contributed by atoms with Gasteiger partial charge in [-0.3, -0.25) is 4.79 Å². The normalized spacial score (nSPS) is 20.1. The molecule has 1 aliphatic heterocycles. The minimum Gasteiger partial charge on any atom is -0.394 e. The molecule has 1 atom stereocenters. The van der Waals surface area contributed by atoms with Crippen molar-refractivity contribution in [3.05, 3.63) is 33.4 Å². The summed E-state index contributed by atoms with van der Waals surface area (Å²) >= 11 is 2.17. The maximum Gasteiger partial charge on any atom is 0.255 e. The van der Waals surface area contributed by atoms with Gasteiger partial charge in [0.1, 0.15) is 0 Å². The Balaban J connectivity index is 2.22. The minimum absolute atomic E-state index is 0.00325. The Kier molecular flexibility index (Phi) is 3.81. The number of benzene rings is 1. The van der Waals surface area contributed by atoms with Crippen LogP contribution in [0.1, 0.15) is 23.2 Å². The van der Waals surface area contributed by atoms with E-state index in [0.717, 1.165) is 28.5 Å². The number of halogens is 1. The first kappa shape index (κ1) is 11.9. The van der Waals surface area contributed by atoms with Crippen LogP contribution >= 0.6 is 22.6 Å². The van der Waals surface area contributed by atoms with Gasteiger partial charge in [0, 0.05) is 10.1 Å². The maximum absolute atomic E-state index is 12.2. The number of hydrogen-bond donors (Lipinski definition) is 1. The fourth-order valence-electron chi connectivity index (χ4n) is 2.08. The van der Waals surface area contributed by atoms with Crippen LogP contribution in [0.4, 0.5) is 0 Å². The van der Waals surface area contributed by atoms with Crippen LogP contribution in [0.3, 0.4) is 0 Å². The third-order valence-electron chi connectivity index (χ3n) is 2.95. The molecule has 1 fully saturated rings. The Morgan fingerprint density at radius 3 is 2.94 bits per heavy atom. The van der Waals surface area contributed by atoms with Gasteiger partial charge in [0.05, 0.1) is 18.2 Å². The quantitative estimate of drug-likeness (QED) is 0.841. The highest BCUT2D eigenvalue weighted by atomic mass is 127. The summed E-state index contributed by atoms with van der Waals surface area (Å²) in [5.41, 5.74) is 0.739. The molecule has 3 nitrogen and oxygen atoms in total. The smallest absolute Gasteiger partial charge is 0.255 e. The zero-order valence-corrected chi connectivity index (χ0v) is 11.1. The van der Waals surface area contributed by atoms with Crippen molar-refractivity contribution in [3.63, 3.8) is 0 Å². The van der Waals surface area contributed by atoms with E-state index < -0.39 is 0 Å². The first-order valence-corrected chi connectivity index (χ1v) is 6.48. The van der Waals surface area contributed by atoms with E-state index in [0.29, 0.717) is 0 Å². The molecule has 1 heterocycles. The van der Waals surface area contributed by atoms with E-state index >= 15 is 0 Å². The lowest BCUT2D eigenvalue weighted by molar-refractivity contribution is 0.0676. The molecule has 16 heavy (non-hydrogen) atoms. The monoisotopic (exact) mass is 331 g/mol. The van der Waals surface area contributed by atoms with Crippen LogP contribution in [-0.4, -0.2) is 35.1 Å². The Bertz CT molecular complexity index is 394. The van der Waals surface area contributed by atoms with Crippen molar-refractivity contribution in [2.75, 3.05) is 13.2 Å². The van der Waals surface area contributed by atoms with E-state index in [1.807, 2.05) is 24.3 Å². The summed E-state index contributed by atoms with van der Waals surface area (Å²) in [5, 5.41) is 9.21. The Morgan fingerprint density at radius 2 is 2.25 bits per heavy atom. The lowest BCUT2D eigenvalue weighted by atomic mass is 10.2. The fraction of sp³-hybridized carbons (Fsp3) is 0.417. The van der Waals surface area contributed by atoms with Crippen molar-refractivity contribution >= 4 is 28.5 Å². The molecule has 1 unspecified atom stereocenters. The molecule has 4 heteroatoms. The highest BCUT2D eigenvalue weighted by molar-refractivity contribution is 14.1. The molecule has 1 aromatic carbocycles. The van der Waals surface area contributed by atoms with Crippen LogP contribution < -0.4 is 0 Å². The van der Waals surface area contributed by atoms with E-state index in [1.165, 1.54) is 0 Å². The lowest BCUT2D eigenvalue weighted by Crippen LogP contribution is -2.37. The van der Waals surface area contributed by atoms with Gasteiger partial charge in [-0.2, -0.15) is 0 Å². The van der Waals surface area contributed by atoms with Crippen molar-refractivity contribution in [2.45, 2.75) is 18.9 Å². The molecule has 2 rings (SSSR count). The summed E-state index contributed by atoms with van der Waals surface area (Å²) < 4.78 is 0.966. The molecule has 0 radical (unpaired) electrons. The van der Waals surface area contributed by atoms with Gasteiger partial charge < -0.3 is 10.0 Å². The second kappa shape index (κ2) is 5.14. The molecule has 1 aromatic rings. The van der Waals surface area contributed by atoms with Crippen molar-refractivity contribution in [3.8, 4) is 0 Å². The van der Waals surface area contributed by atoms with E-state index in [-0.39, 0.29) is 18.6 Å². The second-order valence-corrected chi connectivity index (χ2v) is 5.12. The number of aliphatic hydroxyl groups is 1. The lowest BCUT2D eigenvalue weighted by Gasteiger charge is -2.23. The number of aliphatic hydroxyl groups excluding tert-OH is 1. The van der Waals surface area contributed by atoms with E-state index in [4.69, 9.17) is 0 Å². The third-order valence-corrected chi connectivity index (χ3v) is 3.89. The third kappa shape index (κ3) is 2.22. The highest BCUT2D eigenvalue weighted by Gasteiger charge is 2.29. The zero-order valence-electron chi connectivity index (χ0n) is 8.90. The molecule has 0 spiro atoms. The molecule has 1 N–H and O–H groups in total. The van der Waals surface area contributed by atoms with Crippen LogP contribution in [0.5, 0.6) is 0 Å². The minimum atomic E-state index is 0.00325. The summed E-state index contributed by atoms with van der Waals surface area (Å²) in [6, 6.07) is 7.57. The van der Waals surface area contributed by atoms with E-state index in [2.05, 4.69) is 22.6 Å². The second-order valence-electron chi connectivity index (χ2n) is 3.96. The number of hydrogen-bond acceptors (Lipinski definition) is 2. The molecule has 0 aliphatic carbocycles. The highest BCUT2D eigenvalue weighted by Crippen LogP contribution is 2.21. The molecule has 0 aromatic heterocycles. The van der Waals surface area contributed by atoms with Crippen LogP contribution in [0.25, 0.3) is 0 Å². The molecule has 1 amide bonds. The largest absolute Gasteiger partial charge is 0.394 e. The number of carbonyl (C=O) groups is 1. The molecular weight excluding hydrogens is 317 g/mol. The molecule has 86 valence electrons. The van der Waals surface area contributed by atoms with Gasteiger partial charge >= 0.3 is 0 Å². The van der Waals surface area contributed by atoms with Gasteiger partial charge in [0.2, 0.25) is 0 Å². The van der Waals surface area contributed by atoms with Crippen LogP contribution in [0.15, 0.2) is 24.3 Å². The summed E-state index contributed by atoms with van der Waals surface area (Å²) in [6.07, 6.45) is 1.89. The maximum atomic E-state index is 12.2. The molecular formula is C12H14INO2. The van der Waals surface area contributed by atoms with Crippen LogP contribution in [0.2, 0.25) is 0 Å². The van der Waals surface area contributed by atoms with E-state index in [9.17, 15) is 9.90 Å². The first-order chi connectivity index (χ1) is 7.74. The Labute approximate surface area is 109 Å². The number of amides is 1. The van der Waals surface area contributed by atoms with Crippen molar-refractivity contribution in [1.82, 2.24) is 4.90 Å². The zero-order chi connectivity index (χ0) is 11.5. The van der Waals surface area contributed by atoms with E-state index in [1.54, 1.807) is 4.90 Å². The van der Waals surface area contributed by atoms with Gasteiger partial charge in [0.25, 0.3) is 5.91 Å². The number of likely N-dealkylation sites (tertiary alicyclic amines) is 1. The van der Waals surface area contributed by atoms with Crippen LogP contribution in [-0.2, 0) is 0 Å². The van der Waals surface area contributed by atoms with Gasteiger partial charge in [0.15, 0.2) is 0 Å². The van der Waals surface area contributed by atoms with Gasteiger partial charge in [-0.1, -0.05) is 12.1 Å². The Morgan fingerprint density at radius 1 is 1.50 bits per heavy atom. The number of nitrogens with zero attached hydrogens (tertiary/aromatic N) is 1. The van der Waals surface area contributed by atoms with Crippen molar-refractivity contribution in [2.24, 2.45) is 0 Å². The van der Waals surface area contributed by atoms with Crippen molar-refractivity contribution in [1.29, 1.82) is 0 Å². The summed E-state index contributed by atoms with van der Waals surface area (Å²) in [6.45, 7) is 0.824. The van der Waals surface area contributed by atoms with Crippen molar-refractivity contribution < 1.29 is 9.90 Å². The first-order valence-electron chi connectivity index (χ1n) is 5.40. The fourth-order valence-corrected chi connectivity index (χ4v) is 2.70. The molecule has 0 saturated carbocycles. The number of carbonyl (C=O) groups excluding carboxylic acids is 1. The average Bonchev–Trinajstić information content (AvgIpc) is 2.77. The predicted molar refractivity (Wildman–Crippen MR) is 70.3 cm³/mol. The van der Waals surface area contributed by atoms with Gasteiger partial charge in [-0.15, -0.1) is 0 Å². The standard InChI is InChI=1S/C12H14INO2/c13-11-6-2-1-5-10(11)12(16)14-7-3-4-9(14)8-15/h1-2,5-6,9,15H,3-4,7-8H2. The predicted octanol–water partition coefficient (Wildman–Crippen LogP) is 1.89. The average molecular weight is 331 g/mol. The number of rotatable bonds is 2. The molecule has 1 aliphatic rings.